The second kappa shape index (κ2) is 6.86. The number of amides is 2. The summed E-state index contributed by atoms with van der Waals surface area (Å²) in [6.07, 6.45) is 9.04. The molecule has 0 spiro atoms. The van der Waals surface area contributed by atoms with E-state index in [2.05, 4.69) is 9.80 Å². The average Bonchev–Trinajstić information content (AvgIpc) is 3.45. The Bertz CT molecular complexity index is 611. The molecule has 4 bridgehead atoms. The maximum atomic E-state index is 13.0. The van der Waals surface area contributed by atoms with E-state index in [4.69, 9.17) is 0 Å². The van der Waals surface area contributed by atoms with Gasteiger partial charge < -0.3 is 9.80 Å². The van der Waals surface area contributed by atoms with Crippen molar-refractivity contribution in [3.8, 4) is 0 Å². The van der Waals surface area contributed by atoms with Crippen LogP contribution in [0.5, 0.6) is 0 Å². The van der Waals surface area contributed by atoms with Gasteiger partial charge in [0.2, 0.25) is 11.8 Å². The highest BCUT2D eigenvalue weighted by atomic mass is 32.2. The third-order valence-corrected chi connectivity index (χ3v) is 8.24. The molecule has 1 saturated carbocycles. The number of carbonyl (C=O) groups excluding carboxylic acids is 2. The monoisotopic (exact) mass is 375 g/mol. The minimum Gasteiger partial charge on any atom is -0.338 e. The van der Waals surface area contributed by atoms with Crippen LogP contribution in [0, 0.1) is 5.92 Å². The largest absolute Gasteiger partial charge is 0.338 e. The zero-order valence-corrected chi connectivity index (χ0v) is 16.3. The van der Waals surface area contributed by atoms with E-state index in [1.165, 1.54) is 44.3 Å². The molecular weight excluding hydrogens is 346 g/mol. The zero-order chi connectivity index (χ0) is 17.7. The molecule has 6 aliphatic rings. The maximum absolute atomic E-state index is 13.0. The predicted octanol–water partition coefficient (Wildman–Crippen LogP) is 1.74. The fourth-order valence-corrected chi connectivity index (χ4v) is 6.26. The van der Waals surface area contributed by atoms with Crippen molar-refractivity contribution in [2.45, 2.75) is 55.9 Å². The Balaban J connectivity index is 1.22. The smallest absolute Gasteiger partial charge is 0.247 e. The van der Waals surface area contributed by atoms with Gasteiger partial charge in [-0.15, -0.1) is 11.8 Å². The molecule has 0 radical (unpaired) electrons. The number of carbonyl (C=O) groups is 2. The molecule has 6 fully saturated rings. The number of thioether (sulfide) groups is 1. The molecule has 0 aromatic carbocycles. The number of likely N-dealkylation sites (tertiary alicyclic amines) is 1. The number of hydrogen-bond donors (Lipinski definition) is 0. The van der Waals surface area contributed by atoms with Crippen LogP contribution in [0.2, 0.25) is 0 Å². The van der Waals surface area contributed by atoms with Gasteiger partial charge >= 0.3 is 0 Å². The van der Waals surface area contributed by atoms with Gasteiger partial charge in [0.15, 0.2) is 0 Å². The van der Waals surface area contributed by atoms with Gasteiger partial charge in [-0.2, -0.15) is 0 Å². The molecule has 6 heteroatoms. The van der Waals surface area contributed by atoms with Crippen molar-refractivity contribution in [1.82, 2.24) is 14.7 Å². The molecule has 0 unspecified atom stereocenters. The van der Waals surface area contributed by atoms with Gasteiger partial charge in [-0.25, -0.2) is 0 Å². The van der Waals surface area contributed by atoms with Crippen LogP contribution in [0.1, 0.15) is 38.5 Å². The lowest BCUT2D eigenvalue weighted by atomic mass is 9.83. The summed E-state index contributed by atoms with van der Waals surface area (Å²) in [5, 5.41) is 0.728. The van der Waals surface area contributed by atoms with Crippen LogP contribution in [0.25, 0.3) is 0 Å². The minimum absolute atomic E-state index is 0.209. The number of nitrogens with zero attached hydrogens (tertiary/aromatic N) is 3. The number of piperazine rings is 1. The van der Waals surface area contributed by atoms with E-state index < -0.39 is 0 Å². The van der Waals surface area contributed by atoms with Crippen LogP contribution in [0.3, 0.4) is 0 Å². The first kappa shape index (κ1) is 17.1. The van der Waals surface area contributed by atoms with Crippen LogP contribution in [-0.4, -0.2) is 82.3 Å². The summed E-state index contributed by atoms with van der Waals surface area (Å²) in [7, 11) is 0. The molecule has 1 aliphatic carbocycles. The summed E-state index contributed by atoms with van der Waals surface area (Å²) in [6.45, 7) is 4.86. The normalized spacial score (nSPS) is 37.5. The standard InChI is InChI=1S/C20H29N3O2S/c24-19(9-15-10-21-7-5-14(15)6-8-21)23-16-1-2-17(23)12-22(11-16)20(25)13-26-18-3-4-18/h9,14,16-18H,1-8,10-13H2/b15-9+/t16-,17+. The number of hydrogen-bond acceptors (Lipinski definition) is 4. The molecule has 0 N–H and O–H groups in total. The predicted molar refractivity (Wildman–Crippen MR) is 103 cm³/mol. The van der Waals surface area contributed by atoms with Crippen LogP contribution < -0.4 is 0 Å². The molecule has 0 aromatic rings. The van der Waals surface area contributed by atoms with Gasteiger partial charge in [0.05, 0.1) is 17.8 Å². The number of fused-ring (bicyclic) bond motifs is 5. The molecular formula is C20H29N3O2S. The van der Waals surface area contributed by atoms with Gasteiger partial charge in [0.1, 0.15) is 0 Å². The Morgan fingerprint density at radius 1 is 1.00 bits per heavy atom. The highest BCUT2D eigenvalue weighted by Crippen LogP contribution is 2.36. The minimum atomic E-state index is 0.209. The van der Waals surface area contributed by atoms with Crippen molar-refractivity contribution >= 4 is 23.6 Å². The van der Waals surface area contributed by atoms with Gasteiger partial charge in [-0.05, 0) is 63.1 Å². The summed E-state index contributed by atoms with van der Waals surface area (Å²) in [6, 6.07) is 0.461. The average molecular weight is 376 g/mol. The molecule has 142 valence electrons. The molecule has 5 heterocycles. The molecule has 0 aromatic heterocycles. The molecule has 6 rings (SSSR count). The highest BCUT2D eigenvalue weighted by Gasteiger charge is 2.43. The Kier molecular flexibility index (Phi) is 4.52. The lowest BCUT2D eigenvalue weighted by molar-refractivity contribution is -0.139. The SMILES string of the molecule is O=C(CSC1CC1)N1C[C@H]2CC[C@@H](C1)N2C(=O)/C=C1\CN2CCC1CC2. The van der Waals surface area contributed by atoms with Crippen molar-refractivity contribution in [2.24, 2.45) is 5.92 Å². The van der Waals surface area contributed by atoms with Crippen LogP contribution in [0.4, 0.5) is 0 Å². The molecule has 5 saturated heterocycles. The Hall–Kier alpha value is -1.01. The molecule has 5 nitrogen and oxygen atoms in total. The van der Waals surface area contributed by atoms with E-state index >= 15 is 0 Å². The van der Waals surface area contributed by atoms with Crippen molar-refractivity contribution in [2.75, 3.05) is 38.5 Å². The summed E-state index contributed by atoms with van der Waals surface area (Å²) in [5.41, 5.74) is 1.35. The Morgan fingerprint density at radius 2 is 1.69 bits per heavy atom. The van der Waals surface area contributed by atoms with E-state index in [0.29, 0.717) is 11.7 Å². The van der Waals surface area contributed by atoms with Crippen molar-refractivity contribution < 1.29 is 9.59 Å². The summed E-state index contributed by atoms with van der Waals surface area (Å²) < 4.78 is 0. The van der Waals surface area contributed by atoms with E-state index in [0.717, 1.165) is 37.7 Å². The summed E-state index contributed by atoms with van der Waals surface area (Å²) in [5.74, 6) is 1.74. The summed E-state index contributed by atoms with van der Waals surface area (Å²) in [4.78, 5) is 32.2. The van der Waals surface area contributed by atoms with Crippen molar-refractivity contribution in [3.05, 3.63) is 11.6 Å². The fraction of sp³-hybridized carbons (Fsp3) is 0.800. The first-order valence-corrected chi connectivity index (χ1v) is 11.4. The molecule has 2 atom stereocenters. The van der Waals surface area contributed by atoms with E-state index in [1.54, 1.807) is 0 Å². The third-order valence-electron chi connectivity index (χ3n) is 6.88. The molecule has 5 aliphatic heterocycles. The van der Waals surface area contributed by atoms with Crippen molar-refractivity contribution in [1.29, 1.82) is 0 Å². The lowest BCUT2D eigenvalue weighted by Gasteiger charge is -2.43. The van der Waals surface area contributed by atoms with Crippen molar-refractivity contribution in [3.63, 3.8) is 0 Å². The van der Waals surface area contributed by atoms with Crippen LogP contribution in [-0.2, 0) is 9.59 Å². The topological polar surface area (TPSA) is 43.9 Å². The molecule has 26 heavy (non-hydrogen) atoms. The van der Waals surface area contributed by atoms with Crippen LogP contribution >= 0.6 is 11.8 Å². The maximum Gasteiger partial charge on any atom is 0.247 e. The van der Waals surface area contributed by atoms with Gasteiger partial charge in [-0.3, -0.25) is 14.5 Å². The van der Waals surface area contributed by atoms with Gasteiger partial charge in [0.25, 0.3) is 0 Å². The van der Waals surface area contributed by atoms with E-state index in [1.807, 2.05) is 22.7 Å². The van der Waals surface area contributed by atoms with Gasteiger partial charge in [-0.1, -0.05) is 0 Å². The lowest BCUT2D eigenvalue weighted by Crippen LogP contribution is -2.57. The number of rotatable bonds is 4. The Labute approximate surface area is 160 Å². The van der Waals surface area contributed by atoms with E-state index in [9.17, 15) is 9.59 Å². The summed E-state index contributed by atoms with van der Waals surface area (Å²) >= 11 is 1.82. The first-order chi connectivity index (χ1) is 12.7. The van der Waals surface area contributed by atoms with Crippen LogP contribution in [0.15, 0.2) is 11.6 Å². The van der Waals surface area contributed by atoms with Gasteiger partial charge in [0, 0.05) is 31.0 Å². The highest BCUT2D eigenvalue weighted by molar-refractivity contribution is 8.00. The Morgan fingerprint density at radius 3 is 2.27 bits per heavy atom. The second-order valence-corrected chi connectivity index (χ2v) is 10.00. The van der Waals surface area contributed by atoms with E-state index in [-0.39, 0.29) is 23.9 Å². The second-order valence-electron chi connectivity index (χ2n) is 8.71. The zero-order valence-electron chi connectivity index (χ0n) is 15.4. The fourth-order valence-electron chi connectivity index (χ4n) is 5.23. The molecule has 2 amide bonds. The quantitative estimate of drug-likeness (QED) is 0.702. The number of piperidine rings is 3. The first-order valence-electron chi connectivity index (χ1n) is 10.3. The third kappa shape index (κ3) is 3.31.